The molecule has 0 spiro atoms. The smallest absolute Gasteiger partial charge is 0.112 e. The third kappa shape index (κ3) is 4.16. The van der Waals surface area contributed by atoms with Crippen LogP contribution < -0.4 is 0 Å². The molecule has 0 N–H and O–H groups in total. The maximum absolute atomic E-state index is 5.59. The highest BCUT2D eigenvalue weighted by Gasteiger charge is 2.11. The molecule has 0 saturated carbocycles. The van der Waals surface area contributed by atoms with Gasteiger partial charge in [-0.3, -0.25) is 0 Å². The molecule has 1 aliphatic rings. The largest absolute Gasteiger partial charge is 0.491 e. The van der Waals surface area contributed by atoms with Crippen LogP contribution in [0.1, 0.15) is 45.4 Å². The van der Waals surface area contributed by atoms with Crippen LogP contribution in [0.3, 0.4) is 0 Å². The second-order valence-corrected chi connectivity index (χ2v) is 3.69. The molecular formula is C12H20O. The molecule has 1 atom stereocenters. The number of hydrogen-bond acceptors (Lipinski definition) is 1. The fourth-order valence-electron chi connectivity index (χ4n) is 1.63. The Bertz CT molecular complexity index is 182. The minimum atomic E-state index is 0.398. The van der Waals surface area contributed by atoms with Gasteiger partial charge in [0.2, 0.25) is 0 Å². The fraction of sp³-hybridized carbons (Fsp3) is 0.667. The van der Waals surface area contributed by atoms with E-state index in [1.54, 1.807) is 0 Å². The number of allylic oxidation sites excluding steroid dienone is 1. The third-order valence-corrected chi connectivity index (χ3v) is 2.40. The Kier molecular flexibility index (Phi) is 4.66. The van der Waals surface area contributed by atoms with Crippen molar-refractivity contribution in [2.24, 2.45) is 0 Å². The van der Waals surface area contributed by atoms with Crippen LogP contribution >= 0.6 is 0 Å². The van der Waals surface area contributed by atoms with E-state index in [0.717, 1.165) is 12.2 Å². The van der Waals surface area contributed by atoms with E-state index < -0.39 is 0 Å². The van der Waals surface area contributed by atoms with Crippen molar-refractivity contribution in [1.29, 1.82) is 0 Å². The molecule has 0 aliphatic carbocycles. The molecule has 13 heavy (non-hydrogen) atoms. The Hall–Kier alpha value is -0.720. The third-order valence-electron chi connectivity index (χ3n) is 2.40. The van der Waals surface area contributed by atoms with Crippen molar-refractivity contribution in [3.05, 3.63) is 24.5 Å². The molecule has 1 unspecified atom stereocenters. The summed E-state index contributed by atoms with van der Waals surface area (Å²) in [6, 6.07) is 0. The second kappa shape index (κ2) is 5.85. The Morgan fingerprint density at radius 1 is 1.46 bits per heavy atom. The Labute approximate surface area is 81.5 Å². The zero-order valence-corrected chi connectivity index (χ0v) is 8.59. The molecule has 0 radical (unpaired) electrons. The average Bonchev–Trinajstić information content (AvgIpc) is 2.13. The summed E-state index contributed by atoms with van der Waals surface area (Å²) < 4.78 is 5.59. The van der Waals surface area contributed by atoms with Gasteiger partial charge in [0, 0.05) is 6.42 Å². The van der Waals surface area contributed by atoms with Crippen molar-refractivity contribution in [2.45, 2.75) is 51.6 Å². The molecule has 0 amide bonds. The highest BCUT2D eigenvalue weighted by atomic mass is 16.5. The monoisotopic (exact) mass is 180 g/mol. The maximum atomic E-state index is 5.59. The van der Waals surface area contributed by atoms with E-state index in [1.165, 1.54) is 32.1 Å². The summed E-state index contributed by atoms with van der Waals surface area (Å²) in [7, 11) is 0. The van der Waals surface area contributed by atoms with E-state index in [1.807, 2.05) is 6.08 Å². The Morgan fingerprint density at radius 2 is 2.31 bits per heavy atom. The lowest BCUT2D eigenvalue weighted by molar-refractivity contribution is 0.110. The summed E-state index contributed by atoms with van der Waals surface area (Å²) >= 11 is 0. The molecule has 1 nitrogen and oxygen atoms in total. The quantitative estimate of drug-likeness (QED) is 0.584. The van der Waals surface area contributed by atoms with Crippen molar-refractivity contribution in [3.8, 4) is 0 Å². The normalized spacial score (nSPS) is 21.6. The zero-order valence-electron chi connectivity index (χ0n) is 8.59. The van der Waals surface area contributed by atoms with Crippen LogP contribution in [0.2, 0.25) is 0 Å². The summed E-state index contributed by atoms with van der Waals surface area (Å²) in [4.78, 5) is 0. The van der Waals surface area contributed by atoms with E-state index in [9.17, 15) is 0 Å². The van der Waals surface area contributed by atoms with Crippen LogP contribution in [0, 0.1) is 0 Å². The van der Waals surface area contributed by atoms with E-state index >= 15 is 0 Å². The Morgan fingerprint density at radius 3 is 3.00 bits per heavy atom. The predicted octanol–water partition coefficient (Wildman–Crippen LogP) is 3.82. The van der Waals surface area contributed by atoms with E-state index in [2.05, 4.69) is 19.6 Å². The Balaban J connectivity index is 2.08. The molecule has 0 bridgehead atoms. The topological polar surface area (TPSA) is 9.23 Å². The van der Waals surface area contributed by atoms with Gasteiger partial charge in [-0.25, -0.2) is 0 Å². The van der Waals surface area contributed by atoms with Gasteiger partial charge in [-0.1, -0.05) is 38.8 Å². The number of ether oxygens (including phenoxy) is 1. The van der Waals surface area contributed by atoms with E-state index in [4.69, 9.17) is 4.74 Å². The van der Waals surface area contributed by atoms with Crippen LogP contribution in [0.4, 0.5) is 0 Å². The molecule has 0 aromatic carbocycles. The lowest BCUT2D eigenvalue weighted by Crippen LogP contribution is -2.13. The first kappa shape index (κ1) is 10.4. The number of hydrogen-bond donors (Lipinski definition) is 0. The van der Waals surface area contributed by atoms with Crippen LogP contribution in [0.25, 0.3) is 0 Å². The van der Waals surface area contributed by atoms with Crippen LogP contribution in [0.15, 0.2) is 24.5 Å². The van der Waals surface area contributed by atoms with Crippen LogP contribution in [0.5, 0.6) is 0 Å². The first-order valence-corrected chi connectivity index (χ1v) is 5.35. The fourth-order valence-corrected chi connectivity index (χ4v) is 1.63. The molecule has 1 heteroatoms. The van der Waals surface area contributed by atoms with Gasteiger partial charge in [0.25, 0.3) is 0 Å². The van der Waals surface area contributed by atoms with Gasteiger partial charge in [-0.2, -0.15) is 0 Å². The van der Waals surface area contributed by atoms with Gasteiger partial charge in [0.1, 0.15) is 11.9 Å². The van der Waals surface area contributed by atoms with Crippen molar-refractivity contribution < 1.29 is 4.74 Å². The minimum absolute atomic E-state index is 0.398. The van der Waals surface area contributed by atoms with Crippen LogP contribution in [-0.2, 0) is 4.74 Å². The average molecular weight is 180 g/mol. The molecule has 1 heterocycles. The summed E-state index contributed by atoms with van der Waals surface area (Å²) in [5.41, 5.74) is 0. The molecule has 74 valence electrons. The first-order chi connectivity index (χ1) is 6.33. The molecule has 0 fully saturated rings. The maximum Gasteiger partial charge on any atom is 0.112 e. The van der Waals surface area contributed by atoms with Crippen molar-refractivity contribution in [1.82, 2.24) is 0 Å². The summed E-state index contributed by atoms with van der Waals surface area (Å²) in [5.74, 6) is 0.826. The highest BCUT2D eigenvalue weighted by molar-refractivity contribution is 5.11. The van der Waals surface area contributed by atoms with E-state index in [0.29, 0.717) is 6.10 Å². The highest BCUT2D eigenvalue weighted by Crippen LogP contribution is 2.18. The minimum Gasteiger partial charge on any atom is -0.491 e. The first-order valence-electron chi connectivity index (χ1n) is 5.35. The molecule has 0 saturated heterocycles. The molecular weight excluding hydrogens is 160 g/mol. The van der Waals surface area contributed by atoms with Crippen molar-refractivity contribution in [2.75, 3.05) is 0 Å². The van der Waals surface area contributed by atoms with Gasteiger partial charge >= 0.3 is 0 Å². The van der Waals surface area contributed by atoms with Crippen molar-refractivity contribution >= 4 is 0 Å². The van der Waals surface area contributed by atoms with Crippen LogP contribution in [-0.4, -0.2) is 6.10 Å². The number of unbranched alkanes of at least 4 members (excludes halogenated alkanes) is 3. The number of rotatable bonds is 5. The molecule has 0 aromatic rings. The molecule has 0 aromatic heterocycles. The zero-order chi connectivity index (χ0) is 9.52. The van der Waals surface area contributed by atoms with Gasteiger partial charge in [-0.05, 0) is 18.9 Å². The lowest BCUT2D eigenvalue weighted by Gasteiger charge is -2.21. The molecule has 1 aliphatic heterocycles. The van der Waals surface area contributed by atoms with Crippen molar-refractivity contribution in [3.63, 3.8) is 0 Å². The SMILES string of the molecule is C=C1C=CCC(CCCCCC)O1. The summed E-state index contributed by atoms with van der Waals surface area (Å²) in [6.45, 7) is 6.04. The molecule has 1 rings (SSSR count). The summed E-state index contributed by atoms with van der Waals surface area (Å²) in [6.07, 6.45) is 12.1. The summed E-state index contributed by atoms with van der Waals surface area (Å²) in [5, 5.41) is 0. The van der Waals surface area contributed by atoms with Gasteiger partial charge in [0.15, 0.2) is 0 Å². The predicted molar refractivity (Wildman–Crippen MR) is 56.5 cm³/mol. The van der Waals surface area contributed by atoms with Gasteiger partial charge in [-0.15, -0.1) is 0 Å². The van der Waals surface area contributed by atoms with Gasteiger partial charge < -0.3 is 4.74 Å². The lowest BCUT2D eigenvalue weighted by atomic mass is 10.1. The standard InChI is InChI=1S/C12H20O/c1-3-4-5-6-9-12-10-7-8-11(2)13-12/h7-8,12H,2-6,9-10H2,1H3. The second-order valence-electron chi connectivity index (χ2n) is 3.69. The van der Waals surface area contributed by atoms with Gasteiger partial charge in [0.05, 0.1) is 0 Å². The van der Waals surface area contributed by atoms with E-state index in [-0.39, 0.29) is 0 Å².